The van der Waals surface area contributed by atoms with Gasteiger partial charge in [0.15, 0.2) is 23.0 Å². The maximum Gasteiger partial charge on any atom is 0.272 e. The second kappa shape index (κ2) is 6.47. The van der Waals surface area contributed by atoms with E-state index >= 15 is 0 Å². The summed E-state index contributed by atoms with van der Waals surface area (Å²) in [7, 11) is 0. The molecular weight excluding hydrogens is 311 g/mol. The zero-order chi connectivity index (χ0) is 16.2. The van der Waals surface area contributed by atoms with Crippen LogP contribution in [0.1, 0.15) is 0 Å². The summed E-state index contributed by atoms with van der Waals surface area (Å²) in [6, 6.07) is 8.21. The molecule has 0 bridgehead atoms. The Balaban J connectivity index is 1.76. The highest BCUT2D eigenvalue weighted by atomic mass is 19.3. The lowest BCUT2D eigenvalue weighted by Crippen LogP contribution is -2.07. The second-order valence-corrected chi connectivity index (χ2v) is 4.45. The minimum Gasteiger partial charge on any atom is -0.484 e. The smallest absolute Gasteiger partial charge is 0.272 e. The molecule has 1 radical (unpaired) electrons. The summed E-state index contributed by atoms with van der Waals surface area (Å²) >= 11 is 0. The van der Waals surface area contributed by atoms with E-state index in [-0.39, 0.29) is 11.6 Å². The van der Waals surface area contributed by atoms with Crippen molar-refractivity contribution in [2.24, 2.45) is 0 Å². The van der Waals surface area contributed by atoms with Crippen molar-refractivity contribution in [3.05, 3.63) is 48.5 Å². The number of hydrogen-bond donors (Lipinski definition) is 0. The van der Waals surface area contributed by atoms with Crippen LogP contribution in [0.2, 0.25) is 0 Å². The number of benzene rings is 1. The number of aromatic nitrogens is 3. The largest absolute Gasteiger partial charge is 0.484 e. The molecule has 0 saturated carbocycles. The first kappa shape index (κ1) is 15.0. The molecule has 0 aliphatic carbocycles. The van der Waals surface area contributed by atoms with E-state index in [1.165, 1.54) is 30.6 Å². The molecule has 0 spiro atoms. The van der Waals surface area contributed by atoms with E-state index < -0.39 is 18.8 Å². The zero-order valence-electron chi connectivity index (χ0n) is 11.5. The summed E-state index contributed by atoms with van der Waals surface area (Å²) in [4.78, 5) is 7.95. The van der Waals surface area contributed by atoms with E-state index in [4.69, 9.17) is 9.26 Å². The van der Waals surface area contributed by atoms with Gasteiger partial charge in [0.05, 0.1) is 12.4 Å². The molecule has 0 fully saturated rings. The third-order valence-electron chi connectivity index (χ3n) is 2.80. The molecule has 0 aliphatic rings. The lowest BCUT2D eigenvalue weighted by Gasteiger charge is -2.03. The summed E-state index contributed by atoms with van der Waals surface area (Å²) < 4.78 is 46.9. The van der Waals surface area contributed by atoms with Gasteiger partial charge in [-0.25, -0.2) is 23.1 Å². The minimum absolute atomic E-state index is 0.130. The molecule has 0 aliphatic heterocycles. The number of nitrogens with zero attached hydrogens (tertiary/aromatic N) is 3. The first-order chi connectivity index (χ1) is 11.1. The summed E-state index contributed by atoms with van der Waals surface area (Å²) in [6.45, 7) is -0.724. The number of ether oxygens (including phenoxy) is 1. The van der Waals surface area contributed by atoms with Gasteiger partial charge in [-0.15, -0.1) is 0 Å². The second-order valence-electron chi connectivity index (χ2n) is 4.45. The average Bonchev–Trinajstić information content (AvgIpc) is 3.04. The van der Waals surface area contributed by atoms with Crippen molar-refractivity contribution in [3.63, 3.8) is 0 Å². The Morgan fingerprint density at radius 2 is 2.00 bits per heavy atom. The molecule has 0 unspecified atom stereocenters. The van der Waals surface area contributed by atoms with Crippen LogP contribution in [0.15, 0.2) is 41.2 Å². The molecule has 117 valence electrons. The molecule has 3 rings (SSSR count). The predicted molar refractivity (Wildman–Crippen MR) is 73.3 cm³/mol. The van der Waals surface area contributed by atoms with E-state index in [0.717, 1.165) is 0 Å². The van der Waals surface area contributed by atoms with E-state index in [1.54, 1.807) is 6.07 Å². The van der Waals surface area contributed by atoms with E-state index in [2.05, 4.69) is 21.2 Å². The molecule has 0 amide bonds. The number of halogens is 3. The fourth-order valence-corrected chi connectivity index (χ4v) is 1.76. The van der Waals surface area contributed by atoms with E-state index in [0.29, 0.717) is 17.0 Å². The van der Waals surface area contributed by atoms with Crippen LogP contribution < -0.4 is 4.74 Å². The maximum atomic E-state index is 12.8. The fourth-order valence-electron chi connectivity index (χ4n) is 1.76. The van der Waals surface area contributed by atoms with Crippen LogP contribution in [0.4, 0.5) is 13.2 Å². The van der Waals surface area contributed by atoms with Crippen molar-refractivity contribution in [1.82, 2.24) is 15.1 Å². The van der Waals surface area contributed by atoms with Crippen molar-refractivity contribution in [1.29, 1.82) is 0 Å². The SMILES string of the molecule is Fc1[c]cc(-c2cc(-c3ncc(OCC(F)F)cn3)no2)cc1. The molecule has 0 saturated heterocycles. The number of alkyl halides is 2. The van der Waals surface area contributed by atoms with Gasteiger partial charge in [-0.2, -0.15) is 0 Å². The van der Waals surface area contributed by atoms with Crippen LogP contribution >= 0.6 is 0 Å². The summed E-state index contributed by atoms with van der Waals surface area (Å²) in [5.74, 6) is 0.301. The van der Waals surface area contributed by atoms with Crippen molar-refractivity contribution >= 4 is 0 Å². The molecule has 8 heteroatoms. The van der Waals surface area contributed by atoms with Crippen LogP contribution in [0, 0.1) is 11.9 Å². The number of rotatable bonds is 5. The Bertz CT molecular complexity index is 773. The van der Waals surface area contributed by atoms with Crippen molar-refractivity contribution < 1.29 is 22.4 Å². The van der Waals surface area contributed by atoms with Crippen molar-refractivity contribution in [3.8, 4) is 28.6 Å². The topological polar surface area (TPSA) is 61.0 Å². The van der Waals surface area contributed by atoms with Crippen LogP contribution in [-0.4, -0.2) is 28.2 Å². The van der Waals surface area contributed by atoms with Gasteiger partial charge in [0.1, 0.15) is 12.4 Å². The fraction of sp³-hybridized carbons (Fsp3) is 0.133. The zero-order valence-corrected chi connectivity index (χ0v) is 11.5. The van der Waals surface area contributed by atoms with Gasteiger partial charge in [-0.05, 0) is 18.2 Å². The van der Waals surface area contributed by atoms with E-state index in [9.17, 15) is 13.2 Å². The maximum absolute atomic E-state index is 12.8. The third kappa shape index (κ3) is 3.65. The Labute approximate surface area is 128 Å². The molecule has 5 nitrogen and oxygen atoms in total. The van der Waals surface area contributed by atoms with Crippen molar-refractivity contribution in [2.45, 2.75) is 6.43 Å². The third-order valence-corrected chi connectivity index (χ3v) is 2.80. The Morgan fingerprint density at radius 1 is 1.22 bits per heavy atom. The predicted octanol–water partition coefficient (Wildman–Crippen LogP) is 3.38. The lowest BCUT2D eigenvalue weighted by molar-refractivity contribution is 0.0815. The molecule has 2 aromatic heterocycles. The molecular formula is C15H9F3N3O2. The van der Waals surface area contributed by atoms with Gasteiger partial charge in [-0.1, -0.05) is 5.16 Å². The summed E-state index contributed by atoms with van der Waals surface area (Å²) in [5, 5.41) is 3.82. The van der Waals surface area contributed by atoms with Gasteiger partial charge < -0.3 is 9.26 Å². The monoisotopic (exact) mass is 320 g/mol. The van der Waals surface area contributed by atoms with Crippen LogP contribution in [0.3, 0.4) is 0 Å². The van der Waals surface area contributed by atoms with Crippen LogP contribution in [-0.2, 0) is 0 Å². The molecule has 1 aromatic carbocycles. The van der Waals surface area contributed by atoms with Gasteiger partial charge in [0.25, 0.3) is 6.43 Å². The minimum atomic E-state index is -2.57. The quantitative estimate of drug-likeness (QED) is 0.721. The summed E-state index contributed by atoms with van der Waals surface area (Å²) in [6.07, 6.45) is -0.0320. The van der Waals surface area contributed by atoms with Crippen LogP contribution in [0.25, 0.3) is 22.8 Å². The first-order valence-electron chi connectivity index (χ1n) is 6.49. The first-order valence-corrected chi connectivity index (χ1v) is 6.49. The lowest BCUT2D eigenvalue weighted by atomic mass is 10.1. The van der Waals surface area contributed by atoms with Gasteiger partial charge >= 0.3 is 0 Å². The van der Waals surface area contributed by atoms with Gasteiger partial charge in [-0.3, -0.25) is 0 Å². The van der Waals surface area contributed by atoms with Gasteiger partial charge in [0, 0.05) is 17.7 Å². The molecule has 23 heavy (non-hydrogen) atoms. The van der Waals surface area contributed by atoms with Crippen LogP contribution in [0.5, 0.6) is 5.75 Å². The highest BCUT2D eigenvalue weighted by Crippen LogP contribution is 2.24. The molecule has 0 N–H and O–H groups in total. The molecule has 2 heterocycles. The summed E-state index contributed by atoms with van der Waals surface area (Å²) in [5.41, 5.74) is 0.951. The Morgan fingerprint density at radius 3 is 2.65 bits per heavy atom. The number of hydrogen-bond acceptors (Lipinski definition) is 5. The van der Waals surface area contributed by atoms with E-state index in [1.807, 2.05) is 0 Å². The molecule has 3 aromatic rings. The highest BCUT2D eigenvalue weighted by Gasteiger charge is 2.12. The highest BCUT2D eigenvalue weighted by molar-refractivity contribution is 5.62. The average molecular weight is 320 g/mol. The Kier molecular flexibility index (Phi) is 4.22. The standard InChI is InChI=1S/C15H9F3N3O2/c16-10-3-1-9(2-4-10)13-5-12(21-23-13)15-19-6-11(7-20-15)22-8-14(17)18/h1-3,5-7,14H,8H2. The molecule has 0 atom stereocenters. The van der Waals surface area contributed by atoms with Crippen molar-refractivity contribution in [2.75, 3.05) is 6.61 Å². The Hall–Kier alpha value is -2.90. The van der Waals surface area contributed by atoms with Gasteiger partial charge in [0.2, 0.25) is 0 Å². The normalized spacial score (nSPS) is 11.0.